The molecule has 0 atom stereocenters. The zero-order valence-corrected chi connectivity index (χ0v) is 10.2. The molecule has 0 saturated carbocycles. The zero-order chi connectivity index (χ0) is 12.7. The minimum absolute atomic E-state index is 0.300. The Hall–Kier alpha value is -2.16. The van der Waals surface area contributed by atoms with Gasteiger partial charge in [-0.15, -0.1) is 0 Å². The van der Waals surface area contributed by atoms with Gasteiger partial charge in [0.2, 0.25) is 0 Å². The summed E-state index contributed by atoms with van der Waals surface area (Å²) in [6, 6.07) is 9.99. The maximum atomic E-state index is 11.4. The highest BCUT2D eigenvalue weighted by Gasteiger charge is 2.18. The lowest BCUT2D eigenvalue weighted by Crippen LogP contribution is -1.95. The molecule has 1 aromatic carbocycles. The highest BCUT2D eigenvalue weighted by Crippen LogP contribution is 2.28. The summed E-state index contributed by atoms with van der Waals surface area (Å²) in [4.78, 5) is 15.7. The van der Waals surface area contributed by atoms with Crippen molar-refractivity contribution in [2.24, 2.45) is 0 Å². The molecule has 2 aromatic rings. The number of aryl methyl sites for hydroxylation is 1. The lowest BCUT2D eigenvalue weighted by Gasteiger charge is -2.08. The number of hydrogen-bond donors (Lipinski definition) is 1. The fourth-order valence-corrected chi connectivity index (χ4v) is 2.50. The lowest BCUT2D eigenvalue weighted by molar-refractivity contribution is -0.117. The number of benzene rings is 1. The van der Waals surface area contributed by atoms with Gasteiger partial charge in [0.15, 0.2) is 0 Å². The van der Waals surface area contributed by atoms with E-state index in [1.165, 1.54) is 0 Å². The molecule has 0 fully saturated rings. The molecule has 18 heavy (non-hydrogen) atoms. The molecule has 0 amide bonds. The summed E-state index contributed by atoms with van der Waals surface area (Å²) in [5, 5.41) is 0. The van der Waals surface area contributed by atoms with E-state index < -0.39 is 0 Å². The molecule has 3 rings (SSSR count). The predicted molar refractivity (Wildman–Crippen MR) is 71.2 cm³/mol. The number of ketones is 1. The molecule has 90 valence electrons. The van der Waals surface area contributed by atoms with Crippen molar-refractivity contribution in [1.82, 2.24) is 4.98 Å². The fraction of sp³-hybridized carbons (Fsp3) is 0.200. The van der Waals surface area contributed by atoms with Gasteiger partial charge in [-0.2, -0.15) is 0 Å². The normalized spacial score (nSPS) is 13.7. The number of anilines is 1. The molecule has 0 radical (unpaired) electrons. The van der Waals surface area contributed by atoms with Gasteiger partial charge >= 0.3 is 0 Å². The first-order chi connectivity index (χ1) is 8.63. The summed E-state index contributed by atoms with van der Waals surface area (Å²) >= 11 is 0. The number of nitrogens with two attached hydrogens (primary N) is 1. The summed E-state index contributed by atoms with van der Waals surface area (Å²) in [5.41, 5.74) is 11.1. The average Bonchev–Trinajstić information content (AvgIpc) is 2.68. The molecule has 1 aliphatic carbocycles. The molecule has 0 aliphatic heterocycles. The van der Waals surface area contributed by atoms with Crippen LogP contribution < -0.4 is 5.73 Å². The van der Waals surface area contributed by atoms with E-state index in [0.29, 0.717) is 24.4 Å². The van der Waals surface area contributed by atoms with Gasteiger partial charge in [-0.1, -0.05) is 18.2 Å². The third-order valence-corrected chi connectivity index (χ3v) is 3.40. The average molecular weight is 238 g/mol. The number of aromatic nitrogens is 1. The molecule has 1 aliphatic rings. The first-order valence-corrected chi connectivity index (χ1v) is 6.00. The van der Waals surface area contributed by atoms with Gasteiger partial charge in [0.25, 0.3) is 0 Å². The van der Waals surface area contributed by atoms with Crippen molar-refractivity contribution < 1.29 is 4.79 Å². The van der Waals surface area contributed by atoms with Crippen LogP contribution in [0.1, 0.15) is 16.8 Å². The van der Waals surface area contributed by atoms with E-state index >= 15 is 0 Å². The summed E-state index contributed by atoms with van der Waals surface area (Å²) in [7, 11) is 0. The van der Waals surface area contributed by atoms with E-state index in [1.807, 2.05) is 19.1 Å². The Labute approximate surface area is 106 Å². The van der Waals surface area contributed by atoms with Gasteiger partial charge in [0.05, 0.1) is 0 Å². The van der Waals surface area contributed by atoms with E-state index in [0.717, 1.165) is 27.9 Å². The first-order valence-electron chi connectivity index (χ1n) is 6.00. The van der Waals surface area contributed by atoms with Crippen LogP contribution >= 0.6 is 0 Å². The monoisotopic (exact) mass is 238 g/mol. The number of nitrogens with zero attached hydrogens (tertiary/aromatic N) is 1. The maximum absolute atomic E-state index is 11.4. The van der Waals surface area contributed by atoms with Crippen molar-refractivity contribution in [1.29, 1.82) is 0 Å². The highest BCUT2D eigenvalue weighted by molar-refractivity contribution is 5.88. The Balaban J connectivity index is 2.08. The van der Waals surface area contributed by atoms with E-state index in [4.69, 9.17) is 5.73 Å². The minimum Gasteiger partial charge on any atom is -0.384 e. The molecule has 3 nitrogen and oxygen atoms in total. The molecule has 0 saturated heterocycles. The Morgan fingerprint density at radius 3 is 2.67 bits per heavy atom. The van der Waals surface area contributed by atoms with Gasteiger partial charge in [-0.3, -0.25) is 4.79 Å². The topological polar surface area (TPSA) is 56.0 Å². The van der Waals surface area contributed by atoms with Gasteiger partial charge in [-0.25, -0.2) is 4.98 Å². The van der Waals surface area contributed by atoms with Crippen LogP contribution in [0.2, 0.25) is 0 Å². The third-order valence-electron chi connectivity index (χ3n) is 3.40. The van der Waals surface area contributed by atoms with Crippen LogP contribution in [-0.2, 0) is 17.6 Å². The lowest BCUT2D eigenvalue weighted by atomic mass is 10.00. The van der Waals surface area contributed by atoms with Crippen LogP contribution in [0.5, 0.6) is 0 Å². The predicted octanol–water partition coefficient (Wildman–Crippen LogP) is 2.31. The van der Waals surface area contributed by atoms with Crippen molar-refractivity contribution in [3.63, 3.8) is 0 Å². The Morgan fingerprint density at radius 2 is 1.89 bits per heavy atom. The van der Waals surface area contributed by atoms with Gasteiger partial charge in [0, 0.05) is 24.1 Å². The Bertz CT molecular complexity index is 647. The second-order valence-corrected chi connectivity index (χ2v) is 4.74. The Morgan fingerprint density at radius 1 is 1.11 bits per heavy atom. The smallest absolute Gasteiger partial charge is 0.141 e. The summed E-state index contributed by atoms with van der Waals surface area (Å²) < 4.78 is 0. The summed E-state index contributed by atoms with van der Waals surface area (Å²) in [6.45, 7) is 1.95. The number of fused-ring (bicyclic) bond motifs is 1. The minimum atomic E-state index is 0.300. The van der Waals surface area contributed by atoms with Gasteiger partial charge < -0.3 is 5.73 Å². The maximum Gasteiger partial charge on any atom is 0.141 e. The fourth-order valence-electron chi connectivity index (χ4n) is 2.50. The number of hydrogen-bond acceptors (Lipinski definition) is 3. The van der Waals surface area contributed by atoms with E-state index in [2.05, 4.69) is 17.1 Å². The van der Waals surface area contributed by atoms with Crippen LogP contribution in [0.25, 0.3) is 11.1 Å². The van der Waals surface area contributed by atoms with Crippen molar-refractivity contribution >= 4 is 11.6 Å². The molecule has 1 heterocycles. The standard InChI is InChI=1S/C15H14N2O/c1-9-14(4-5-15(16)17-9)11-3-2-10-7-13(18)8-12(10)6-11/h2-6H,7-8H2,1H3,(H2,16,17). The van der Waals surface area contributed by atoms with Crippen molar-refractivity contribution in [3.05, 3.63) is 47.2 Å². The van der Waals surface area contributed by atoms with Crippen molar-refractivity contribution in [3.8, 4) is 11.1 Å². The van der Waals surface area contributed by atoms with Crippen LogP contribution in [0.3, 0.4) is 0 Å². The molecular weight excluding hydrogens is 224 g/mol. The van der Waals surface area contributed by atoms with Gasteiger partial charge in [0.1, 0.15) is 11.6 Å². The zero-order valence-electron chi connectivity index (χ0n) is 10.2. The number of Topliss-reactive ketones (excluding diaryl/α,β-unsaturated/α-hetero) is 1. The summed E-state index contributed by atoms with van der Waals surface area (Å²) in [6.07, 6.45) is 1.14. The number of pyridine rings is 1. The van der Waals surface area contributed by atoms with E-state index in [-0.39, 0.29) is 0 Å². The molecule has 0 unspecified atom stereocenters. The number of carbonyl (C=O) groups excluding carboxylic acids is 1. The first kappa shape index (κ1) is 11.0. The summed E-state index contributed by atoms with van der Waals surface area (Å²) in [5.74, 6) is 0.835. The number of carbonyl (C=O) groups is 1. The molecule has 2 N–H and O–H groups in total. The number of nitrogen functional groups attached to an aromatic ring is 1. The van der Waals surface area contributed by atoms with Crippen LogP contribution in [0.4, 0.5) is 5.82 Å². The van der Waals surface area contributed by atoms with E-state index in [9.17, 15) is 4.79 Å². The molecule has 0 bridgehead atoms. The molecule has 0 spiro atoms. The number of rotatable bonds is 1. The quantitative estimate of drug-likeness (QED) is 0.829. The molecule has 1 aromatic heterocycles. The highest BCUT2D eigenvalue weighted by atomic mass is 16.1. The van der Waals surface area contributed by atoms with Crippen molar-refractivity contribution in [2.75, 3.05) is 5.73 Å². The SMILES string of the molecule is Cc1nc(N)ccc1-c1ccc2c(c1)CC(=O)C2. The molecular formula is C15H14N2O. The van der Waals surface area contributed by atoms with Crippen LogP contribution in [0, 0.1) is 6.92 Å². The van der Waals surface area contributed by atoms with Crippen molar-refractivity contribution in [2.45, 2.75) is 19.8 Å². The second kappa shape index (κ2) is 3.95. The largest absolute Gasteiger partial charge is 0.384 e. The second-order valence-electron chi connectivity index (χ2n) is 4.74. The Kier molecular flexibility index (Phi) is 2.40. The van der Waals surface area contributed by atoms with Crippen LogP contribution in [0.15, 0.2) is 30.3 Å². The molecule has 3 heteroatoms. The van der Waals surface area contributed by atoms with Gasteiger partial charge in [-0.05, 0) is 35.7 Å². The van der Waals surface area contributed by atoms with Crippen LogP contribution in [-0.4, -0.2) is 10.8 Å². The van der Waals surface area contributed by atoms with E-state index in [1.54, 1.807) is 6.07 Å². The third kappa shape index (κ3) is 1.78.